The van der Waals surface area contributed by atoms with Crippen molar-refractivity contribution < 1.29 is 9.18 Å². The van der Waals surface area contributed by atoms with E-state index in [1.165, 1.54) is 24.9 Å². The van der Waals surface area contributed by atoms with Gasteiger partial charge in [-0.25, -0.2) is 4.39 Å². The zero-order valence-corrected chi connectivity index (χ0v) is 14.1. The normalized spacial score (nSPS) is 9.79. The summed E-state index contributed by atoms with van der Waals surface area (Å²) in [5.41, 5.74) is 1.39. The summed E-state index contributed by atoms with van der Waals surface area (Å²) in [4.78, 5) is 12.3. The Morgan fingerprint density at radius 1 is 0.875 bits per heavy atom. The van der Waals surface area contributed by atoms with Crippen LogP contribution in [-0.2, 0) is 0 Å². The molecule has 3 aromatic rings. The Morgan fingerprint density at radius 2 is 1.46 bits per heavy atom. The van der Waals surface area contributed by atoms with E-state index < -0.39 is 5.82 Å². The van der Waals surface area contributed by atoms with Crippen LogP contribution in [0.25, 0.3) is 11.1 Å². The van der Waals surface area contributed by atoms with Crippen molar-refractivity contribution in [3.63, 3.8) is 0 Å². The SMILES string of the molecule is CC(=O)c1cccc(-c2ccccc2)c1F.NSc1ccccc1. The summed E-state index contributed by atoms with van der Waals surface area (Å²) in [6.45, 7) is 1.37. The maximum absolute atomic E-state index is 14.0. The summed E-state index contributed by atoms with van der Waals surface area (Å²) in [5.74, 6) is -0.698. The van der Waals surface area contributed by atoms with Gasteiger partial charge in [0, 0.05) is 10.5 Å². The molecule has 0 amide bonds. The number of rotatable bonds is 3. The summed E-state index contributed by atoms with van der Waals surface area (Å²) in [7, 11) is 0. The van der Waals surface area contributed by atoms with Crippen molar-refractivity contribution in [3.05, 3.63) is 90.2 Å². The van der Waals surface area contributed by atoms with Gasteiger partial charge < -0.3 is 0 Å². The van der Waals surface area contributed by atoms with Gasteiger partial charge in [-0.1, -0.05) is 60.7 Å². The quantitative estimate of drug-likeness (QED) is 0.517. The molecule has 0 aromatic heterocycles. The second-order valence-corrected chi connectivity index (χ2v) is 5.73. The fraction of sp³-hybridized carbons (Fsp3) is 0.0500. The second kappa shape index (κ2) is 9.01. The predicted octanol–water partition coefficient (Wildman–Crippen LogP) is 5.35. The summed E-state index contributed by atoms with van der Waals surface area (Å²) in [5, 5.41) is 5.27. The molecule has 4 heteroatoms. The number of hydrogen-bond acceptors (Lipinski definition) is 3. The smallest absolute Gasteiger partial charge is 0.162 e. The van der Waals surface area contributed by atoms with Gasteiger partial charge in [-0.05, 0) is 42.6 Å². The van der Waals surface area contributed by atoms with Crippen LogP contribution >= 0.6 is 11.9 Å². The zero-order valence-electron chi connectivity index (χ0n) is 13.3. The molecule has 0 saturated carbocycles. The highest BCUT2D eigenvalue weighted by Crippen LogP contribution is 2.24. The molecule has 0 radical (unpaired) electrons. The lowest BCUT2D eigenvalue weighted by Crippen LogP contribution is -1.98. The molecule has 0 aliphatic rings. The number of benzene rings is 3. The van der Waals surface area contributed by atoms with E-state index in [2.05, 4.69) is 0 Å². The number of nitrogens with two attached hydrogens (primary N) is 1. The van der Waals surface area contributed by atoms with Crippen LogP contribution in [0.1, 0.15) is 17.3 Å². The molecule has 0 aliphatic carbocycles. The van der Waals surface area contributed by atoms with E-state index in [-0.39, 0.29) is 11.3 Å². The highest BCUT2D eigenvalue weighted by atomic mass is 32.2. The summed E-state index contributed by atoms with van der Waals surface area (Å²) < 4.78 is 14.0. The van der Waals surface area contributed by atoms with Gasteiger partial charge in [0.25, 0.3) is 0 Å². The summed E-state index contributed by atoms with van der Waals surface area (Å²) >= 11 is 1.27. The lowest BCUT2D eigenvalue weighted by Gasteiger charge is -2.06. The van der Waals surface area contributed by atoms with Crippen LogP contribution in [0.3, 0.4) is 0 Å². The Labute approximate surface area is 145 Å². The summed E-state index contributed by atoms with van der Waals surface area (Å²) in [6.07, 6.45) is 0. The average Bonchev–Trinajstić information content (AvgIpc) is 2.63. The molecule has 0 heterocycles. The Hall–Kier alpha value is -2.43. The van der Waals surface area contributed by atoms with E-state index in [0.29, 0.717) is 5.56 Å². The fourth-order valence-electron chi connectivity index (χ4n) is 2.14. The van der Waals surface area contributed by atoms with Gasteiger partial charge in [0.2, 0.25) is 0 Å². The Kier molecular flexibility index (Phi) is 6.73. The monoisotopic (exact) mass is 339 g/mol. The third kappa shape index (κ3) is 4.78. The topological polar surface area (TPSA) is 43.1 Å². The van der Waals surface area contributed by atoms with Gasteiger partial charge in [-0.15, -0.1) is 0 Å². The highest BCUT2D eigenvalue weighted by Gasteiger charge is 2.12. The molecular weight excluding hydrogens is 321 g/mol. The van der Waals surface area contributed by atoms with Crippen molar-refractivity contribution in [2.45, 2.75) is 11.8 Å². The molecule has 0 atom stereocenters. The third-order valence-electron chi connectivity index (χ3n) is 3.34. The van der Waals surface area contributed by atoms with E-state index in [9.17, 15) is 9.18 Å². The molecule has 0 unspecified atom stereocenters. The fourth-order valence-corrected chi connectivity index (χ4v) is 2.46. The van der Waals surface area contributed by atoms with Gasteiger partial charge in [0.1, 0.15) is 5.82 Å². The number of ketones is 1. The molecule has 3 rings (SSSR count). The van der Waals surface area contributed by atoms with E-state index in [0.717, 1.165) is 10.5 Å². The number of Topliss-reactive ketones (excluding diaryl/α,β-unsaturated/α-hetero) is 1. The van der Waals surface area contributed by atoms with Gasteiger partial charge in [-0.3, -0.25) is 9.93 Å². The van der Waals surface area contributed by atoms with Gasteiger partial charge in [-0.2, -0.15) is 0 Å². The minimum absolute atomic E-state index is 0.140. The van der Waals surface area contributed by atoms with E-state index in [1.54, 1.807) is 12.1 Å². The van der Waals surface area contributed by atoms with Crippen molar-refractivity contribution in [3.8, 4) is 11.1 Å². The minimum atomic E-state index is -0.443. The molecule has 0 saturated heterocycles. The third-order valence-corrected chi connectivity index (χ3v) is 3.89. The number of hydrogen-bond donors (Lipinski definition) is 1. The second-order valence-electron chi connectivity index (χ2n) is 5.02. The largest absolute Gasteiger partial charge is 0.294 e. The standard InChI is InChI=1S/C14H11FO.C6H7NS/c1-10(16)12-8-5-9-13(14(12)15)11-6-3-2-4-7-11;7-8-6-4-2-1-3-5-6/h2-9H,1H3;1-5H,7H2. The Morgan fingerprint density at radius 3 is 1.96 bits per heavy atom. The van der Waals surface area contributed by atoms with Crippen LogP contribution in [0.2, 0.25) is 0 Å². The minimum Gasteiger partial charge on any atom is -0.294 e. The molecule has 2 nitrogen and oxygen atoms in total. The molecule has 0 bridgehead atoms. The lowest BCUT2D eigenvalue weighted by atomic mass is 10.0. The number of carbonyl (C=O) groups excluding carboxylic acids is 1. The Balaban J connectivity index is 0.000000219. The van der Waals surface area contributed by atoms with E-state index >= 15 is 0 Å². The molecule has 3 aromatic carbocycles. The van der Waals surface area contributed by atoms with Gasteiger partial charge >= 0.3 is 0 Å². The molecular formula is C20H18FNOS. The van der Waals surface area contributed by atoms with Crippen LogP contribution in [0, 0.1) is 5.82 Å². The first kappa shape index (κ1) is 17.9. The van der Waals surface area contributed by atoms with Crippen molar-refractivity contribution in [1.29, 1.82) is 0 Å². The number of halogens is 1. The Bertz CT molecular complexity index is 791. The van der Waals surface area contributed by atoms with Crippen LogP contribution in [-0.4, -0.2) is 5.78 Å². The van der Waals surface area contributed by atoms with Crippen LogP contribution < -0.4 is 5.14 Å². The first-order valence-electron chi connectivity index (χ1n) is 7.40. The van der Waals surface area contributed by atoms with E-state index in [4.69, 9.17) is 5.14 Å². The van der Waals surface area contributed by atoms with Crippen LogP contribution in [0.15, 0.2) is 83.8 Å². The highest BCUT2D eigenvalue weighted by molar-refractivity contribution is 7.97. The molecule has 0 fully saturated rings. The molecule has 122 valence electrons. The number of carbonyl (C=O) groups is 1. The maximum atomic E-state index is 14.0. The first-order chi connectivity index (χ1) is 11.6. The average molecular weight is 339 g/mol. The first-order valence-corrected chi connectivity index (χ1v) is 8.28. The van der Waals surface area contributed by atoms with Gasteiger partial charge in [0.05, 0.1) is 5.56 Å². The molecule has 0 aliphatic heterocycles. The van der Waals surface area contributed by atoms with E-state index in [1.807, 2.05) is 60.7 Å². The van der Waals surface area contributed by atoms with Crippen molar-refractivity contribution >= 4 is 17.7 Å². The molecule has 0 spiro atoms. The van der Waals surface area contributed by atoms with Crippen molar-refractivity contribution in [2.75, 3.05) is 0 Å². The lowest BCUT2D eigenvalue weighted by molar-refractivity contribution is 0.101. The summed E-state index contributed by atoms with van der Waals surface area (Å²) in [6, 6.07) is 23.9. The molecule has 24 heavy (non-hydrogen) atoms. The van der Waals surface area contributed by atoms with Crippen molar-refractivity contribution in [2.24, 2.45) is 5.14 Å². The van der Waals surface area contributed by atoms with Crippen molar-refractivity contribution in [1.82, 2.24) is 0 Å². The van der Waals surface area contributed by atoms with Crippen LogP contribution in [0.5, 0.6) is 0 Å². The maximum Gasteiger partial charge on any atom is 0.162 e. The predicted molar refractivity (Wildman–Crippen MR) is 98.3 cm³/mol. The van der Waals surface area contributed by atoms with Gasteiger partial charge in [0.15, 0.2) is 5.78 Å². The zero-order chi connectivity index (χ0) is 17.4. The molecule has 2 N–H and O–H groups in total. The van der Waals surface area contributed by atoms with Crippen LogP contribution in [0.4, 0.5) is 4.39 Å².